The van der Waals surface area contributed by atoms with E-state index in [1.807, 2.05) is 0 Å². The second-order valence-electron chi connectivity index (χ2n) is 4.85. The number of carbonyl (C=O) groups excluding carboxylic acids is 1. The Morgan fingerprint density at radius 1 is 0.917 bits per heavy atom. The molecular formula is C16H13N3O5. The maximum absolute atomic E-state index is 12.1. The minimum Gasteiger partial charge on any atom is -0.312 e. The zero-order valence-electron chi connectivity index (χ0n) is 12.7. The molecule has 0 N–H and O–H groups in total. The first-order valence-corrected chi connectivity index (χ1v) is 6.83. The predicted molar refractivity (Wildman–Crippen MR) is 88.6 cm³/mol. The predicted octanol–water partition coefficient (Wildman–Crippen LogP) is 3.18. The Bertz CT molecular complexity index is 797. The number of anilines is 1. The Balaban J connectivity index is 2.07. The molecule has 0 saturated carbocycles. The van der Waals surface area contributed by atoms with E-state index < -0.39 is 9.85 Å². The number of hydrogen-bond donors (Lipinski definition) is 0. The van der Waals surface area contributed by atoms with Gasteiger partial charge in [0.05, 0.1) is 9.85 Å². The van der Waals surface area contributed by atoms with Crippen LogP contribution >= 0.6 is 0 Å². The first-order valence-electron chi connectivity index (χ1n) is 6.83. The Hall–Kier alpha value is -3.55. The van der Waals surface area contributed by atoms with Crippen molar-refractivity contribution in [2.75, 3.05) is 11.9 Å². The van der Waals surface area contributed by atoms with E-state index in [1.165, 1.54) is 65.6 Å². The molecule has 0 aliphatic carbocycles. The van der Waals surface area contributed by atoms with Crippen LogP contribution in [0.3, 0.4) is 0 Å². The molecule has 0 fully saturated rings. The average Bonchev–Trinajstić information content (AvgIpc) is 2.59. The summed E-state index contributed by atoms with van der Waals surface area (Å²) in [6.07, 6.45) is 2.86. The highest BCUT2D eigenvalue weighted by atomic mass is 16.6. The summed E-state index contributed by atoms with van der Waals surface area (Å²) in [6, 6.07) is 11.4. The van der Waals surface area contributed by atoms with E-state index >= 15 is 0 Å². The number of nitro benzene ring substituents is 2. The van der Waals surface area contributed by atoms with Crippen LogP contribution in [0.25, 0.3) is 6.08 Å². The summed E-state index contributed by atoms with van der Waals surface area (Å²) in [5.41, 5.74) is 1.08. The summed E-state index contributed by atoms with van der Waals surface area (Å²) in [6.45, 7) is 0. The molecule has 24 heavy (non-hydrogen) atoms. The Morgan fingerprint density at radius 2 is 1.38 bits per heavy atom. The maximum atomic E-state index is 12.1. The molecule has 0 heterocycles. The number of rotatable bonds is 5. The lowest BCUT2D eigenvalue weighted by molar-refractivity contribution is -0.385. The molecule has 0 atom stereocenters. The minimum absolute atomic E-state index is 0.0264. The fraction of sp³-hybridized carbons (Fsp3) is 0.0625. The number of nitro groups is 2. The van der Waals surface area contributed by atoms with Gasteiger partial charge in [0, 0.05) is 43.1 Å². The smallest absolute Gasteiger partial charge is 0.269 e. The number of benzene rings is 2. The quantitative estimate of drug-likeness (QED) is 0.476. The highest BCUT2D eigenvalue weighted by Crippen LogP contribution is 2.19. The van der Waals surface area contributed by atoms with E-state index in [0.717, 1.165) is 0 Å². The summed E-state index contributed by atoms with van der Waals surface area (Å²) in [4.78, 5) is 33.6. The summed E-state index contributed by atoms with van der Waals surface area (Å²) >= 11 is 0. The molecule has 0 aliphatic heterocycles. The first kappa shape index (κ1) is 16.8. The third-order valence-electron chi connectivity index (χ3n) is 3.30. The van der Waals surface area contributed by atoms with Gasteiger partial charge in [-0.3, -0.25) is 25.0 Å². The van der Waals surface area contributed by atoms with Crippen molar-refractivity contribution in [1.29, 1.82) is 0 Å². The molecule has 0 bridgehead atoms. The van der Waals surface area contributed by atoms with E-state index in [0.29, 0.717) is 11.3 Å². The average molecular weight is 327 g/mol. The molecule has 1 amide bonds. The van der Waals surface area contributed by atoms with Crippen LogP contribution in [0.2, 0.25) is 0 Å². The van der Waals surface area contributed by atoms with Crippen molar-refractivity contribution >= 4 is 29.0 Å². The van der Waals surface area contributed by atoms with E-state index in [4.69, 9.17) is 0 Å². The fourth-order valence-electron chi connectivity index (χ4n) is 1.91. The molecule has 2 rings (SSSR count). The highest BCUT2D eigenvalue weighted by Gasteiger charge is 2.10. The van der Waals surface area contributed by atoms with Crippen molar-refractivity contribution in [2.24, 2.45) is 0 Å². The number of amides is 1. The monoisotopic (exact) mass is 327 g/mol. The Labute approximate surface area is 136 Å². The van der Waals surface area contributed by atoms with Crippen molar-refractivity contribution in [3.8, 4) is 0 Å². The second kappa shape index (κ2) is 7.14. The molecule has 0 aliphatic rings. The number of carbonyl (C=O) groups is 1. The first-order chi connectivity index (χ1) is 11.4. The fourth-order valence-corrected chi connectivity index (χ4v) is 1.91. The number of hydrogen-bond acceptors (Lipinski definition) is 5. The van der Waals surface area contributed by atoms with Crippen LogP contribution in [0, 0.1) is 20.2 Å². The molecule has 2 aromatic rings. The van der Waals surface area contributed by atoms with Gasteiger partial charge in [-0.2, -0.15) is 0 Å². The Kier molecular flexibility index (Phi) is 5.00. The van der Waals surface area contributed by atoms with E-state index in [9.17, 15) is 25.0 Å². The standard InChI is InChI=1S/C16H13N3O5/c1-17(13-7-9-15(10-8-13)19(23)24)16(20)11-4-12-2-5-14(6-3-12)18(21)22/h2-11H,1H3. The van der Waals surface area contributed by atoms with Crippen molar-refractivity contribution in [3.63, 3.8) is 0 Å². The number of likely N-dealkylation sites (N-methyl/N-ethyl adjacent to an activating group) is 1. The minimum atomic E-state index is -0.514. The van der Waals surface area contributed by atoms with Gasteiger partial charge in [0.1, 0.15) is 0 Å². The number of non-ortho nitro benzene ring substituents is 2. The molecule has 0 saturated heterocycles. The third-order valence-corrected chi connectivity index (χ3v) is 3.30. The molecule has 122 valence electrons. The summed E-state index contributed by atoms with van der Waals surface area (Å²) in [7, 11) is 1.55. The van der Waals surface area contributed by atoms with Crippen molar-refractivity contribution in [1.82, 2.24) is 0 Å². The van der Waals surface area contributed by atoms with Crippen LogP contribution in [-0.4, -0.2) is 22.8 Å². The van der Waals surface area contributed by atoms with Crippen molar-refractivity contribution < 1.29 is 14.6 Å². The topological polar surface area (TPSA) is 107 Å². The van der Waals surface area contributed by atoms with Gasteiger partial charge in [0.15, 0.2) is 0 Å². The highest BCUT2D eigenvalue weighted by molar-refractivity contribution is 6.03. The van der Waals surface area contributed by atoms with Crippen molar-refractivity contribution in [2.45, 2.75) is 0 Å². The summed E-state index contributed by atoms with van der Waals surface area (Å²) in [5, 5.41) is 21.2. The van der Waals surface area contributed by atoms with Crippen LogP contribution in [0.15, 0.2) is 54.6 Å². The molecule has 8 heteroatoms. The number of nitrogens with zero attached hydrogens (tertiary/aromatic N) is 3. The molecule has 8 nitrogen and oxygen atoms in total. The van der Waals surface area contributed by atoms with E-state index in [1.54, 1.807) is 7.05 Å². The molecule has 0 unspecified atom stereocenters. The van der Waals surface area contributed by atoms with Gasteiger partial charge in [-0.25, -0.2) is 0 Å². The summed E-state index contributed by atoms with van der Waals surface area (Å²) < 4.78 is 0. The van der Waals surface area contributed by atoms with Crippen LogP contribution in [-0.2, 0) is 4.79 Å². The lowest BCUT2D eigenvalue weighted by Crippen LogP contribution is -2.23. The van der Waals surface area contributed by atoms with E-state index in [-0.39, 0.29) is 17.3 Å². The van der Waals surface area contributed by atoms with Crippen LogP contribution < -0.4 is 4.90 Å². The molecule has 2 aromatic carbocycles. The van der Waals surface area contributed by atoms with Crippen LogP contribution in [0.1, 0.15) is 5.56 Å². The van der Waals surface area contributed by atoms with Gasteiger partial charge < -0.3 is 4.90 Å². The molecule has 0 spiro atoms. The van der Waals surface area contributed by atoms with Crippen LogP contribution in [0.4, 0.5) is 17.1 Å². The van der Waals surface area contributed by atoms with Gasteiger partial charge in [0.2, 0.25) is 0 Å². The molecular weight excluding hydrogens is 314 g/mol. The van der Waals surface area contributed by atoms with Gasteiger partial charge in [-0.1, -0.05) is 0 Å². The lowest BCUT2D eigenvalue weighted by atomic mass is 10.2. The van der Waals surface area contributed by atoms with Gasteiger partial charge in [0.25, 0.3) is 17.3 Å². The SMILES string of the molecule is CN(C(=O)C=Cc1ccc([N+](=O)[O-])cc1)c1ccc([N+](=O)[O-])cc1. The van der Waals surface area contributed by atoms with Crippen LogP contribution in [0.5, 0.6) is 0 Å². The summed E-state index contributed by atoms with van der Waals surface area (Å²) in [5.74, 6) is -0.331. The zero-order chi connectivity index (χ0) is 17.7. The van der Waals surface area contributed by atoms with Gasteiger partial charge in [-0.15, -0.1) is 0 Å². The third kappa shape index (κ3) is 4.01. The normalized spacial score (nSPS) is 10.5. The molecule has 0 aromatic heterocycles. The van der Waals surface area contributed by atoms with Gasteiger partial charge in [-0.05, 0) is 35.9 Å². The zero-order valence-corrected chi connectivity index (χ0v) is 12.7. The second-order valence-corrected chi connectivity index (χ2v) is 4.85. The van der Waals surface area contributed by atoms with E-state index in [2.05, 4.69) is 0 Å². The lowest BCUT2D eigenvalue weighted by Gasteiger charge is -2.14. The van der Waals surface area contributed by atoms with Crippen molar-refractivity contribution in [3.05, 3.63) is 80.4 Å². The molecule has 0 radical (unpaired) electrons. The van der Waals surface area contributed by atoms with Gasteiger partial charge >= 0.3 is 0 Å². The maximum Gasteiger partial charge on any atom is 0.269 e. The largest absolute Gasteiger partial charge is 0.312 e. The Morgan fingerprint density at radius 3 is 1.83 bits per heavy atom.